The van der Waals surface area contributed by atoms with Crippen LogP contribution in [0.4, 0.5) is 0 Å². The summed E-state index contributed by atoms with van der Waals surface area (Å²) in [5, 5.41) is 20.0. The van der Waals surface area contributed by atoms with Crippen molar-refractivity contribution in [3.63, 3.8) is 0 Å². The van der Waals surface area contributed by atoms with E-state index in [1.54, 1.807) is 24.3 Å². The topological polar surface area (TPSA) is 137 Å². The van der Waals surface area contributed by atoms with Gasteiger partial charge in [0.05, 0.1) is 16.1 Å². The zero-order valence-corrected chi connectivity index (χ0v) is 15.7. The summed E-state index contributed by atoms with van der Waals surface area (Å²) in [6, 6.07) is 6.37. The SMILES string of the molecule is CO[C@H]1C(=O)N2C3=C(COC(C)=O)C(=S(O)(O)=C12)c1cccc(c1)C3=C(O)O. The molecule has 2 aliphatic heterocycles. The highest BCUT2D eigenvalue weighted by atomic mass is 32.2. The average Bonchev–Trinajstić information content (AvgIpc) is 2.68. The van der Waals surface area contributed by atoms with Crippen LogP contribution in [0.5, 0.6) is 0 Å². The largest absolute Gasteiger partial charge is 0.481 e. The van der Waals surface area contributed by atoms with E-state index < -0.39 is 33.7 Å². The third-order valence-electron chi connectivity index (χ3n) is 4.78. The van der Waals surface area contributed by atoms with E-state index in [4.69, 9.17) is 9.47 Å². The molecule has 3 aliphatic rings. The second-order valence-electron chi connectivity index (χ2n) is 6.39. The zero-order chi connectivity index (χ0) is 20.4. The van der Waals surface area contributed by atoms with Crippen LogP contribution < -0.4 is 0 Å². The van der Waals surface area contributed by atoms with Gasteiger partial charge in [0, 0.05) is 29.4 Å². The van der Waals surface area contributed by atoms with Crippen molar-refractivity contribution in [1.82, 2.24) is 4.90 Å². The summed E-state index contributed by atoms with van der Waals surface area (Å²) in [6.07, 6.45) is -1.18. The molecule has 2 heterocycles. The summed E-state index contributed by atoms with van der Waals surface area (Å²) >= 11 is 0. The molecule has 1 aromatic carbocycles. The van der Waals surface area contributed by atoms with Crippen molar-refractivity contribution in [2.75, 3.05) is 13.7 Å². The minimum Gasteiger partial charge on any atom is -0.481 e. The lowest BCUT2D eigenvalue weighted by Crippen LogP contribution is -2.63. The average molecular weight is 407 g/mol. The number of ether oxygens (including phenoxy) is 2. The highest BCUT2D eigenvalue weighted by Gasteiger charge is 2.54. The van der Waals surface area contributed by atoms with Crippen molar-refractivity contribution in [2.45, 2.75) is 13.0 Å². The Morgan fingerprint density at radius 2 is 1.93 bits per heavy atom. The van der Waals surface area contributed by atoms with Crippen LogP contribution in [0.3, 0.4) is 0 Å². The van der Waals surface area contributed by atoms with Crippen LogP contribution in [0.15, 0.2) is 41.5 Å². The number of hydrogen-bond acceptors (Lipinski definition) is 8. The Balaban J connectivity index is 2.17. The van der Waals surface area contributed by atoms with Crippen molar-refractivity contribution in [1.29, 1.82) is 0 Å². The molecule has 28 heavy (non-hydrogen) atoms. The normalized spacial score (nSPS) is 21.9. The Kier molecular flexibility index (Phi) is 4.05. The lowest BCUT2D eigenvalue weighted by molar-refractivity contribution is -0.139. The highest BCUT2D eigenvalue weighted by molar-refractivity contribution is 8.22. The number of methoxy groups -OCH3 is 1. The summed E-state index contributed by atoms with van der Waals surface area (Å²) in [5.41, 5.74) is 0.799. The number of allylic oxidation sites excluding steroid dienone is 1. The number of rotatable bonds is 3. The number of esters is 1. The van der Waals surface area contributed by atoms with E-state index in [-0.39, 0.29) is 33.3 Å². The number of β-lactam (4-membered cyclic amide) rings is 1. The van der Waals surface area contributed by atoms with Gasteiger partial charge in [-0.05, 0) is 17.2 Å². The molecule has 0 spiro atoms. The van der Waals surface area contributed by atoms with Crippen molar-refractivity contribution < 1.29 is 38.4 Å². The zero-order valence-electron chi connectivity index (χ0n) is 14.9. The molecule has 4 bridgehead atoms. The van der Waals surface area contributed by atoms with E-state index in [9.17, 15) is 28.9 Å². The quantitative estimate of drug-likeness (QED) is 0.257. The molecule has 148 valence electrons. The number of amides is 1. The second-order valence-corrected chi connectivity index (χ2v) is 8.32. The van der Waals surface area contributed by atoms with Gasteiger partial charge in [-0.15, -0.1) is 0 Å². The first-order valence-electron chi connectivity index (χ1n) is 8.19. The standard InChI is InChI=1S/C18H17NO8S/c1-8(20)27-7-11-13-12(18(22)23)9-4-3-5-10(6-9)15(11)28(24,25)17-14(26-2)16(21)19(13)17/h3-6,14,22-25H,7H2,1-2H3/t14-/m0/s1. The Hall–Kier alpha value is -2.79. The van der Waals surface area contributed by atoms with Gasteiger partial charge >= 0.3 is 5.97 Å². The van der Waals surface area contributed by atoms with Crippen LogP contribution in [0.25, 0.3) is 5.57 Å². The summed E-state index contributed by atoms with van der Waals surface area (Å²) < 4.78 is 32.3. The Morgan fingerprint density at radius 3 is 2.54 bits per heavy atom. The molecular formula is C18H17NO8S. The fourth-order valence-corrected chi connectivity index (χ4v) is 5.79. The molecule has 9 nitrogen and oxygen atoms in total. The van der Waals surface area contributed by atoms with E-state index in [2.05, 4.69) is 0 Å². The lowest BCUT2D eigenvalue weighted by atomic mass is 9.97. The summed E-state index contributed by atoms with van der Waals surface area (Å²) in [4.78, 5) is 25.0. The van der Waals surface area contributed by atoms with Crippen LogP contribution in [-0.2, 0) is 19.1 Å². The number of benzene rings is 1. The molecule has 4 N–H and O–H groups in total. The smallest absolute Gasteiger partial charge is 0.302 e. The van der Waals surface area contributed by atoms with Gasteiger partial charge in [-0.3, -0.25) is 14.5 Å². The molecule has 1 atom stereocenters. The molecule has 1 aromatic rings. The molecule has 1 fully saturated rings. The van der Waals surface area contributed by atoms with Gasteiger partial charge in [-0.25, -0.2) is 0 Å². The number of carbonyl (C=O) groups excluding carboxylic acids is 2. The molecule has 10 heteroatoms. The van der Waals surface area contributed by atoms with E-state index in [0.29, 0.717) is 11.1 Å². The molecular weight excluding hydrogens is 390 g/mol. The molecule has 4 rings (SSSR count). The number of aliphatic hydroxyl groups excluding tert-OH is 1. The fourth-order valence-electron chi connectivity index (χ4n) is 3.70. The number of aliphatic hydroxyl groups is 2. The van der Waals surface area contributed by atoms with Gasteiger partial charge in [-0.1, -0.05) is 18.2 Å². The van der Waals surface area contributed by atoms with E-state index >= 15 is 0 Å². The van der Waals surface area contributed by atoms with Crippen LogP contribution in [0.2, 0.25) is 0 Å². The van der Waals surface area contributed by atoms with E-state index in [1.165, 1.54) is 14.0 Å². The minimum atomic E-state index is -3.68. The first-order chi connectivity index (χ1) is 13.2. The number of nitrogens with zero attached hydrogens (tertiary/aromatic N) is 1. The predicted octanol–water partition coefficient (Wildman–Crippen LogP) is 1.57. The van der Waals surface area contributed by atoms with Gasteiger partial charge in [0.15, 0.2) is 6.10 Å². The Bertz CT molecular complexity index is 1120. The third kappa shape index (κ3) is 2.32. The van der Waals surface area contributed by atoms with Crippen molar-refractivity contribution in [2.24, 2.45) is 0 Å². The molecule has 0 saturated carbocycles. The maximum Gasteiger partial charge on any atom is 0.302 e. The Labute approximate surface area is 160 Å². The first kappa shape index (κ1) is 18.6. The maximum atomic E-state index is 12.7. The van der Waals surface area contributed by atoms with Gasteiger partial charge in [0.25, 0.3) is 11.9 Å². The Morgan fingerprint density at radius 1 is 1.25 bits per heavy atom. The van der Waals surface area contributed by atoms with E-state index in [1.807, 2.05) is 0 Å². The number of carbonyl (C=O) groups is 2. The van der Waals surface area contributed by atoms with Crippen LogP contribution in [0, 0.1) is 0 Å². The monoisotopic (exact) mass is 407 g/mol. The third-order valence-corrected chi connectivity index (χ3v) is 6.81. The van der Waals surface area contributed by atoms with Crippen molar-refractivity contribution in [3.8, 4) is 0 Å². The number of hydrogen-bond donors (Lipinski definition) is 4. The van der Waals surface area contributed by atoms with Crippen LogP contribution in [-0.4, -0.2) is 65.8 Å². The fraction of sp³-hybridized carbons (Fsp3) is 0.222. The molecule has 0 aromatic heterocycles. The number of fused-ring (bicyclic) bond motifs is 6. The first-order valence-corrected chi connectivity index (χ1v) is 9.74. The van der Waals surface area contributed by atoms with Crippen LogP contribution in [0.1, 0.15) is 18.1 Å². The maximum absolute atomic E-state index is 12.7. The van der Waals surface area contributed by atoms with E-state index in [0.717, 1.165) is 4.90 Å². The summed E-state index contributed by atoms with van der Waals surface area (Å²) in [5.74, 6) is -2.27. The molecule has 0 radical (unpaired) electrons. The van der Waals surface area contributed by atoms with Gasteiger partial charge < -0.3 is 28.8 Å². The van der Waals surface area contributed by atoms with Gasteiger partial charge in [0.1, 0.15) is 11.6 Å². The second kappa shape index (κ2) is 6.11. The van der Waals surface area contributed by atoms with Crippen LogP contribution >= 0.6 is 9.77 Å². The van der Waals surface area contributed by atoms with Crippen molar-refractivity contribution >= 4 is 37.1 Å². The van der Waals surface area contributed by atoms with Gasteiger partial charge in [-0.2, -0.15) is 0 Å². The molecule has 1 amide bonds. The summed E-state index contributed by atoms with van der Waals surface area (Å²) in [6.45, 7) is 0.799. The van der Waals surface area contributed by atoms with Crippen molar-refractivity contribution in [3.05, 3.63) is 52.6 Å². The highest BCUT2D eigenvalue weighted by Crippen LogP contribution is 2.48. The molecule has 1 saturated heterocycles. The molecule has 1 aliphatic carbocycles. The van der Waals surface area contributed by atoms with Gasteiger partial charge in [0.2, 0.25) is 0 Å². The lowest BCUT2D eigenvalue weighted by Gasteiger charge is -2.46. The predicted molar refractivity (Wildman–Crippen MR) is 102 cm³/mol. The molecule has 0 unspecified atom stereocenters. The minimum absolute atomic E-state index is 0.0250. The summed E-state index contributed by atoms with van der Waals surface area (Å²) in [7, 11) is -2.42.